The van der Waals surface area contributed by atoms with Crippen molar-refractivity contribution in [3.63, 3.8) is 0 Å². The van der Waals surface area contributed by atoms with Gasteiger partial charge in [-0.1, -0.05) is 5.16 Å². The summed E-state index contributed by atoms with van der Waals surface area (Å²) >= 11 is 0. The van der Waals surface area contributed by atoms with Crippen LogP contribution in [0.5, 0.6) is 5.88 Å². The van der Waals surface area contributed by atoms with Gasteiger partial charge in [-0.05, 0) is 31.0 Å². The molecule has 0 radical (unpaired) electrons. The lowest BCUT2D eigenvalue weighted by Crippen LogP contribution is -2.24. The van der Waals surface area contributed by atoms with Gasteiger partial charge in [0, 0.05) is 32.2 Å². The average molecular weight is 368 g/mol. The molecular formula is C18H20N6O3. The van der Waals surface area contributed by atoms with E-state index >= 15 is 0 Å². The number of aromatic nitrogens is 5. The van der Waals surface area contributed by atoms with Crippen molar-refractivity contribution in [1.29, 1.82) is 0 Å². The maximum atomic E-state index is 5.67. The number of rotatable bonds is 7. The molecule has 0 saturated carbocycles. The first-order valence-electron chi connectivity index (χ1n) is 8.81. The average Bonchev–Trinajstić information content (AvgIpc) is 3.39. The molecule has 3 aromatic rings. The van der Waals surface area contributed by atoms with Crippen LogP contribution >= 0.6 is 0 Å². The Morgan fingerprint density at radius 3 is 2.85 bits per heavy atom. The monoisotopic (exact) mass is 368 g/mol. The summed E-state index contributed by atoms with van der Waals surface area (Å²) in [4.78, 5) is 19.6. The van der Waals surface area contributed by atoms with Crippen molar-refractivity contribution in [2.24, 2.45) is 0 Å². The first kappa shape index (κ1) is 17.3. The molecule has 4 rings (SSSR count). The van der Waals surface area contributed by atoms with Crippen LogP contribution in [0.2, 0.25) is 0 Å². The molecule has 4 heterocycles. The zero-order valence-corrected chi connectivity index (χ0v) is 15.0. The van der Waals surface area contributed by atoms with Gasteiger partial charge in [0.25, 0.3) is 0 Å². The van der Waals surface area contributed by atoms with Crippen molar-refractivity contribution in [3.05, 3.63) is 42.7 Å². The van der Waals surface area contributed by atoms with Crippen LogP contribution in [0.25, 0.3) is 11.4 Å². The second-order valence-electron chi connectivity index (χ2n) is 6.05. The minimum atomic E-state index is -0.0387. The Kier molecular flexibility index (Phi) is 5.20. The van der Waals surface area contributed by atoms with Crippen LogP contribution < -0.4 is 9.64 Å². The van der Waals surface area contributed by atoms with Gasteiger partial charge in [-0.15, -0.1) is 0 Å². The van der Waals surface area contributed by atoms with Gasteiger partial charge in [-0.3, -0.25) is 0 Å². The van der Waals surface area contributed by atoms with Crippen LogP contribution in [-0.2, 0) is 4.74 Å². The predicted octanol–water partition coefficient (Wildman–Crippen LogP) is 2.29. The Bertz CT molecular complexity index is 872. The highest BCUT2D eigenvalue weighted by molar-refractivity contribution is 5.60. The Labute approximate surface area is 156 Å². The lowest BCUT2D eigenvalue weighted by atomic mass is 10.2. The number of hydrogen-bond donors (Lipinski definition) is 0. The molecule has 9 nitrogen and oxygen atoms in total. The molecule has 0 aromatic carbocycles. The van der Waals surface area contributed by atoms with Crippen molar-refractivity contribution >= 4 is 5.95 Å². The molecule has 140 valence electrons. The van der Waals surface area contributed by atoms with E-state index in [9.17, 15) is 0 Å². The fourth-order valence-corrected chi connectivity index (χ4v) is 3.08. The minimum absolute atomic E-state index is 0.0387. The van der Waals surface area contributed by atoms with Crippen molar-refractivity contribution in [1.82, 2.24) is 25.1 Å². The molecule has 9 heteroatoms. The van der Waals surface area contributed by atoms with Gasteiger partial charge < -0.3 is 18.9 Å². The highest BCUT2D eigenvalue weighted by atomic mass is 16.5. The van der Waals surface area contributed by atoms with E-state index in [1.54, 1.807) is 31.8 Å². The summed E-state index contributed by atoms with van der Waals surface area (Å²) in [5, 5.41) is 4.14. The summed E-state index contributed by atoms with van der Waals surface area (Å²) in [5.74, 6) is 2.12. The quantitative estimate of drug-likeness (QED) is 0.581. The van der Waals surface area contributed by atoms with Gasteiger partial charge >= 0.3 is 0 Å². The molecule has 0 unspecified atom stereocenters. The van der Waals surface area contributed by atoms with E-state index in [1.165, 1.54) is 0 Å². The first-order chi connectivity index (χ1) is 13.4. The summed E-state index contributed by atoms with van der Waals surface area (Å²) in [5.41, 5.74) is 0.684. The molecule has 0 bridgehead atoms. The van der Waals surface area contributed by atoms with E-state index in [0.717, 1.165) is 19.4 Å². The first-order valence-corrected chi connectivity index (χ1v) is 8.81. The van der Waals surface area contributed by atoms with Gasteiger partial charge in [0.15, 0.2) is 0 Å². The largest absolute Gasteiger partial charge is 0.475 e. The Balaban J connectivity index is 1.57. The summed E-state index contributed by atoms with van der Waals surface area (Å²) in [7, 11) is 1.62. The summed E-state index contributed by atoms with van der Waals surface area (Å²) in [6.45, 7) is 1.72. The van der Waals surface area contributed by atoms with Crippen molar-refractivity contribution in [3.8, 4) is 17.3 Å². The Hall–Kier alpha value is -3.07. The van der Waals surface area contributed by atoms with Gasteiger partial charge in [0.2, 0.25) is 23.5 Å². The molecule has 0 N–H and O–H groups in total. The molecule has 0 aliphatic carbocycles. The lowest BCUT2D eigenvalue weighted by molar-refractivity contribution is 0.144. The predicted molar refractivity (Wildman–Crippen MR) is 96.3 cm³/mol. The van der Waals surface area contributed by atoms with Gasteiger partial charge in [0.1, 0.15) is 12.6 Å². The number of hydrogen-bond acceptors (Lipinski definition) is 9. The second kappa shape index (κ2) is 8.09. The molecule has 0 spiro atoms. The smallest absolute Gasteiger partial charge is 0.249 e. The zero-order chi connectivity index (χ0) is 18.5. The maximum absolute atomic E-state index is 5.67. The molecule has 1 atom stereocenters. The van der Waals surface area contributed by atoms with E-state index in [1.807, 2.05) is 12.1 Å². The van der Waals surface area contributed by atoms with Crippen LogP contribution in [0.15, 0.2) is 41.3 Å². The van der Waals surface area contributed by atoms with E-state index in [4.69, 9.17) is 14.0 Å². The fraction of sp³-hybridized carbons (Fsp3) is 0.389. The summed E-state index contributed by atoms with van der Waals surface area (Å²) < 4.78 is 16.3. The van der Waals surface area contributed by atoms with Gasteiger partial charge in [0.05, 0.1) is 12.2 Å². The maximum Gasteiger partial charge on any atom is 0.249 e. The van der Waals surface area contributed by atoms with Crippen LogP contribution in [0.3, 0.4) is 0 Å². The number of anilines is 1. The van der Waals surface area contributed by atoms with E-state index in [2.05, 4.69) is 30.0 Å². The third-order valence-corrected chi connectivity index (χ3v) is 4.33. The molecule has 1 aliphatic rings. The molecule has 1 saturated heterocycles. The third kappa shape index (κ3) is 3.72. The van der Waals surface area contributed by atoms with Crippen LogP contribution in [-0.4, -0.2) is 52.0 Å². The number of ether oxygens (including phenoxy) is 2. The topological polar surface area (TPSA) is 99.3 Å². The summed E-state index contributed by atoms with van der Waals surface area (Å²) in [6.07, 6.45) is 7.05. The third-order valence-electron chi connectivity index (χ3n) is 4.33. The highest BCUT2D eigenvalue weighted by Gasteiger charge is 2.32. The van der Waals surface area contributed by atoms with Crippen molar-refractivity contribution < 1.29 is 14.0 Å². The molecule has 1 aliphatic heterocycles. The molecular weight excluding hydrogens is 348 g/mol. The Morgan fingerprint density at radius 1 is 1.15 bits per heavy atom. The number of nitrogens with zero attached hydrogens (tertiary/aromatic N) is 6. The normalized spacial score (nSPS) is 16.6. The molecule has 1 fully saturated rings. The van der Waals surface area contributed by atoms with Gasteiger partial charge in [-0.2, -0.15) is 4.98 Å². The highest BCUT2D eigenvalue weighted by Crippen LogP contribution is 2.35. The summed E-state index contributed by atoms with van der Waals surface area (Å²) in [6, 6.07) is 5.43. The number of pyridine rings is 1. The van der Waals surface area contributed by atoms with Crippen LogP contribution in [0, 0.1) is 0 Å². The van der Waals surface area contributed by atoms with E-state index in [-0.39, 0.29) is 6.04 Å². The Morgan fingerprint density at radius 2 is 2.00 bits per heavy atom. The van der Waals surface area contributed by atoms with Crippen LogP contribution in [0.4, 0.5) is 5.95 Å². The molecule has 27 heavy (non-hydrogen) atoms. The van der Waals surface area contributed by atoms with E-state index in [0.29, 0.717) is 42.3 Å². The standard InChI is InChI=1S/C18H20N6O3/c1-25-11-12-26-16-13(5-2-7-19-16)15-22-17(27-23-15)14-6-3-10-24(14)18-20-8-4-9-21-18/h2,4-5,7-9,14H,3,6,10-12H2,1H3/t14-/m1/s1. The zero-order valence-electron chi connectivity index (χ0n) is 15.0. The molecule has 0 amide bonds. The van der Waals surface area contributed by atoms with E-state index < -0.39 is 0 Å². The van der Waals surface area contributed by atoms with Crippen molar-refractivity contribution in [2.75, 3.05) is 31.8 Å². The SMILES string of the molecule is COCCOc1ncccc1-c1noc([C@H]2CCCN2c2ncccn2)n1. The lowest BCUT2D eigenvalue weighted by Gasteiger charge is -2.21. The molecule has 3 aromatic heterocycles. The minimum Gasteiger partial charge on any atom is -0.475 e. The van der Waals surface area contributed by atoms with Gasteiger partial charge in [-0.25, -0.2) is 15.0 Å². The van der Waals surface area contributed by atoms with Crippen LogP contribution in [0.1, 0.15) is 24.8 Å². The fourth-order valence-electron chi connectivity index (χ4n) is 3.08. The second-order valence-corrected chi connectivity index (χ2v) is 6.05. The van der Waals surface area contributed by atoms with Crippen molar-refractivity contribution in [2.45, 2.75) is 18.9 Å². The number of methoxy groups -OCH3 is 1.